The van der Waals surface area contributed by atoms with Crippen LogP contribution in [0.2, 0.25) is 0 Å². The fourth-order valence-corrected chi connectivity index (χ4v) is 1.44. The van der Waals surface area contributed by atoms with Crippen molar-refractivity contribution >= 4 is 5.97 Å². The van der Waals surface area contributed by atoms with E-state index in [0.29, 0.717) is 0 Å². The Morgan fingerprint density at radius 1 is 1.30 bits per heavy atom. The second kappa shape index (κ2) is 5.19. The fraction of sp³-hybridized carbons (Fsp3) is 0.182. The van der Waals surface area contributed by atoms with Crippen LogP contribution < -0.4 is 4.74 Å². The zero-order valence-electron chi connectivity index (χ0n) is 10.1. The summed E-state index contributed by atoms with van der Waals surface area (Å²) in [6.07, 6.45) is -3.69. The Kier molecular flexibility index (Phi) is 3.59. The van der Waals surface area contributed by atoms with E-state index in [4.69, 9.17) is 0 Å². The highest BCUT2D eigenvalue weighted by atomic mass is 19.4. The minimum Gasteiger partial charge on any atom is -0.464 e. The molecule has 0 aliphatic carbocycles. The van der Waals surface area contributed by atoms with E-state index in [2.05, 4.69) is 19.8 Å². The molecule has 2 aromatic rings. The third-order valence-corrected chi connectivity index (χ3v) is 2.23. The summed E-state index contributed by atoms with van der Waals surface area (Å²) in [6, 6.07) is 5.35. The topological polar surface area (TPSA) is 66.2 Å². The van der Waals surface area contributed by atoms with Gasteiger partial charge in [-0.3, -0.25) is 0 Å². The number of methoxy groups -OCH3 is 1. The third-order valence-electron chi connectivity index (χ3n) is 2.23. The van der Waals surface area contributed by atoms with Crippen molar-refractivity contribution in [2.24, 2.45) is 0 Å². The van der Waals surface area contributed by atoms with Crippen molar-refractivity contribution in [2.45, 2.75) is 6.36 Å². The predicted octanol–water partition coefficient (Wildman–Crippen LogP) is 1.95. The van der Waals surface area contributed by atoms with E-state index in [1.807, 2.05) is 0 Å². The van der Waals surface area contributed by atoms with Gasteiger partial charge >= 0.3 is 12.3 Å². The molecule has 106 valence electrons. The molecule has 9 heteroatoms. The van der Waals surface area contributed by atoms with Gasteiger partial charge in [0.1, 0.15) is 5.69 Å². The van der Waals surface area contributed by atoms with E-state index in [1.165, 1.54) is 18.2 Å². The van der Waals surface area contributed by atoms with Crippen molar-refractivity contribution in [3.05, 3.63) is 36.2 Å². The third kappa shape index (κ3) is 3.05. The van der Waals surface area contributed by atoms with Crippen LogP contribution >= 0.6 is 0 Å². The van der Waals surface area contributed by atoms with Gasteiger partial charge in [-0.15, -0.1) is 18.3 Å². The average molecular weight is 287 g/mol. The number of rotatable bonds is 3. The monoisotopic (exact) mass is 287 g/mol. The first kappa shape index (κ1) is 13.8. The summed E-state index contributed by atoms with van der Waals surface area (Å²) >= 11 is 0. The van der Waals surface area contributed by atoms with E-state index < -0.39 is 18.1 Å². The van der Waals surface area contributed by atoms with Crippen LogP contribution in [0.5, 0.6) is 5.75 Å². The van der Waals surface area contributed by atoms with Crippen LogP contribution in [-0.4, -0.2) is 34.4 Å². The Labute approximate surface area is 110 Å². The molecular formula is C11H8F3N3O3. The van der Waals surface area contributed by atoms with E-state index in [1.54, 1.807) is 0 Å². The van der Waals surface area contributed by atoms with E-state index in [-0.39, 0.29) is 11.4 Å². The Balaban J connectivity index is 2.38. The van der Waals surface area contributed by atoms with E-state index in [9.17, 15) is 18.0 Å². The normalized spacial score (nSPS) is 11.2. The summed E-state index contributed by atoms with van der Waals surface area (Å²) in [7, 11) is 1.15. The maximum Gasteiger partial charge on any atom is 0.573 e. The van der Waals surface area contributed by atoms with Gasteiger partial charge in [-0.25, -0.2) is 9.48 Å². The largest absolute Gasteiger partial charge is 0.573 e. The van der Waals surface area contributed by atoms with Gasteiger partial charge in [0.25, 0.3) is 0 Å². The molecule has 1 heterocycles. The van der Waals surface area contributed by atoms with Crippen molar-refractivity contribution in [3.63, 3.8) is 0 Å². The van der Waals surface area contributed by atoms with Crippen molar-refractivity contribution < 1.29 is 27.4 Å². The van der Waals surface area contributed by atoms with Gasteiger partial charge in [0.05, 0.1) is 13.3 Å². The van der Waals surface area contributed by atoms with Gasteiger partial charge in [0, 0.05) is 0 Å². The maximum atomic E-state index is 12.3. The van der Waals surface area contributed by atoms with Gasteiger partial charge in [-0.1, -0.05) is 17.3 Å². The highest BCUT2D eigenvalue weighted by Gasteiger charge is 2.32. The average Bonchev–Trinajstić information content (AvgIpc) is 2.86. The first-order chi connectivity index (χ1) is 9.40. The number of nitrogens with zero attached hydrogens (tertiary/aromatic N) is 3. The zero-order valence-corrected chi connectivity index (χ0v) is 10.1. The second-order valence-electron chi connectivity index (χ2n) is 3.56. The van der Waals surface area contributed by atoms with Gasteiger partial charge < -0.3 is 9.47 Å². The Bertz CT molecular complexity index is 625. The lowest BCUT2D eigenvalue weighted by Crippen LogP contribution is -2.18. The number of ether oxygens (including phenoxy) is 2. The van der Waals surface area contributed by atoms with Gasteiger partial charge in [0.2, 0.25) is 0 Å². The number of esters is 1. The summed E-state index contributed by atoms with van der Waals surface area (Å²) < 4.78 is 46.2. The Hall–Kier alpha value is -2.58. The number of hydrogen-bond acceptors (Lipinski definition) is 5. The van der Waals surface area contributed by atoms with E-state index >= 15 is 0 Å². The van der Waals surface area contributed by atoms with Crippen LogP contribution in [-0.2, 0) is 4.74 Å². The molecule has 0 spiro atoms. The van der Waals surface area contributed by atoms with Gasteiger partial charge in [-0.05, 0) is 12.1 Å². The first-order valence-electron chi connectivity index (χ1n) is 5.26. The first-order valence-corrected chi connectivity index (χ1v) is 5.26. The lowest BCUT2D eigenvalue weighted by molar-refractivity contribution is -0.274. The van der Waals surface area contributed by atoms with Crippen molar-refractivity contribution in [1.82, 2.24) is 15.0 Å². The molecule has 1 aromatic carbocycles. The summed E-state index contributed by atoms with van der Waals surface area (Å²) in [6.45, 7) is 0. The highest BCUT2D eigenvalue weighted by molar-refractivity contribution is 5.86. The molecule has 0 radical (unpaired) electrons. The predicted molar refractivity (Wildman–Crippen MR) is 59.4 cm³/mol. The molecule has 0 unspecified atom stereocenters. The molecule has 0 fully saturated rings. The minimum absolute atomic E-state index is 0.00696. The van der Waals surface area contributed by atoms with E-state index in [0.717, 1.165) is 24.1 Å². The molecule has 0 amide bonds. The van der Waals surface area contributed by atoms with Crippen LogP contribution in [0, 0.1) is 0 Å². The molecule has 20 heavy (non-hydrogen) atoms. The van der Waals surface area contributed by atoms with Gasteiger partial charge in [-0.2, -0.15) is 0 Å². The number of alkyl halides is 3. The molecule has 6 nitrogen and oxygen atoms in total. The minimum atomic E-state index is -4.83. The molecule has 0 saturated carbocycles. The number of para-hydroxylation sites is 2. The smallest absolute Gasteiger partial charge is 0.464 e. The van der Waals surface area contributed by atoms with Crippen molar-refractivity contribution in [3.8, 4) is 11.4 Å². The van der Waals surface area contributed by atoms with Crippen LogP contribution in [0.3, 0.4) is 0 Å². The maximum absolute atomic E-state index is 12.3. The van der Waals surface area contributed by atoms with Crippen LogP contribution in [0.1, 0.15) is 10.5 Å². The van der Waals surface area contributed by atoms with Crippen LogP contribution in [0.25, 0.3) is 5.69 Å². The molecule has 0 bridgehead atoms. The number of halogens is 3. The lowest BCUT2D eigenvalue weighted by atomic mass is 10.3. The number of benzene rings is 1. The molecule has 0 saturated heterocycles. The summed E-state index contributed by atoms with van der Waals surface area (Å²) in [5.74, 6) is -1.20. The van der Waals surface area contributed by atoms with Crippen molar-refractivity contribution in [2.75, 3.05) is 7.11 Å². The molecule has 1 aromatic heterocycles. The molecule has 0 aliphatic rings. The van der Waals surface area contributed by atoms with Crippen LogP contribution in [0.15, 0.2) is 30.5 Å². The second-order valence-corrected chi connectivity index (χ2v) is 3.56. The Morgan fingerprint density at radius 3 is 2.65 bits per heavy atom. The summed E-state index contributed by atoms with van der Waals surface area (Å²) in [5.41, 5.74) is -0.137. The molecule has 0 N–H and O–H groups in total. The fourth-order valence-electron chi connectivity index (χ4n) is 1.44. The molecule has 2 rings (SSSR count). The number of hydrogen-bond donors (Lipinski definition) is 0. The van der Waals surface area contributed by atoms with Crippen LogP contribution in [0.4, 0.5) is 13.2 Å². The SMILES string of the molecule is COC(=O)c1cn(-c2ccccc2OC(F)(F)F)nn1. The molecule has 0 atom stereocenters. The summed E-state index contributed by atoms with van der Waals surface area (Å²) in [4.78, 5) is 11.2. The number of aromatic nitrogens is 3. The highest BCUT2D eigenvalue weighted by Crippen LogP contribution is 2.28. The molecular weight excluding hydrogens is 279 g/mol. The molecule has 0 aliphatic heterocycles. The quantitative estimate of drug-likeness (QED) is 0.807. The standard InChI is InChI=1S/C11H8F3N3O3/c1-19-10(18)7-6-17(16-15-7)8-4-2-3-5-9(8)20-11(12,13)14/h2-6H,1H3. The number of carbonyl (C=O) groups excluding carboxylic acids is 1. The number of carbonyl (C=O) groups is 1. The Morgan fingerprint density at radius 2 is 2.00 bits per heavy atom. The zero-order chi connectivity index (χ0) is 14.8. The lowest BCUT2D eigenvalue weighted by Gasteiger charge is -2.12. The van der Waals surface area contributed by atoms with Gasteiger partial charge in [0.15, 0.2) is 11.4 Å². The van der Waals surface area contributed by atoms with Crippen molar-refractivity contribution in [1.29, 1.82) is 0 Å². The summed E-state index contributed by atoms with van der Waals surface area (Å²) in [5, 5.41) is 7.07.